The Morgan fingerprint density at radius 3 is 2.11 bits per heavy atom. The van der Waals surface area contributed by atoms with Crippen LogP contribution in [0.25, 0.3) is 22.3 Å². The van der Waals surface area contributed by atoms with Crippen molar-refractivity contribution in [3.05, 3.63) is 111 Å². The number of Topliss-reactive ketones (excluding diaryl/α,β-unsaturated/α-hetero) is 1. The van der Waals surface area contributed by atoms with E-state index in [1.54, 1.807) is 12.3 Å². The van der Waals surface area contributed by atoms with E-state index in [1.165, 1.54) is 11.8 Å². The summed E-state index contributed by atoms with van der Waals surface area (Å²) >= 11 is 0. The largest absolute Gasteiger partial charge is 0.439 e. The predicted molar refractivity (Wildman–Crippen MR) is 163 cm³/mol. The lowest BCUT2D eigenvalue weighted by Crippen LogP contribution is -2.31. The summed E-state index contributed by atoms with van der Waals surface area (Å²) in [4.78, 5) is 31.4. The van der Waals surface area contributed by atoms with Gasteiger partial charge in [0.15, 0.2) is 5.78 Å². The number of aromatic nitrogens is 1. The summed E-state index contributed by atoms with van der Waals surface area (Å²) in [5.41, 5.74) is 3.93. The van der Waals surface area contributed by atoms with Crippen molar-refractivity contribution in [1.82, 2.24) is 9.88 Å². The molecule has 244 valence electrons. The van der Waals surface area contributed by atoms with E-state index in [0.29, 0.717) is 30.5 Å². The second-order valence-corrected chi connectivity index (χ2v) is 12.2. The van der Waals surface area contributed by atoms with Crippen molar-refractivity contribution in [3.63, 3.8) is 0 Å². The van der Waals surface area contributed by atoms with Gasteiger partial charge in [-0.3, -0.25) is 14.7 Å². The lowest BCUT2D eigenvalue weighted by Gasteiger charge is -2.26. The van der Waals surface area contributed by atoms with Crippen molar-refractivity contribution in [3.8, 4) is 22.3 Å². The normalized spacial score (nSPS) is 19.6. The molecule has 0 unspecified atom stereocenters. The quantitative estimate of drug-likeness (QED) is 0.159. The van der Waals surface area contributed by atoms with Gasteiger partial charge in [-0.15, -0.1) is 0 Å². The van der Waals surface area contributed by atoms with Gasteiger partial charge in [-0.1, -0.05) is 35.9 Å². The first-order valence-electron chi connectivity index (χ1n) is 15.0. The minimum atomic E-state index is -5.03. The smallest absolute Gasteiger partial charge is 0.416 e. The molecule has 0 spiro atoms. The molecule has 4 aromatic rings. The predicted octanol–water partition coefficient (Wildman–Crippen LogP) is 9.98. The molecule has 0 N–H and O–H groups in total. The zero-order chi connectivity index (χ0) is 34.0. The van der Waals surface area contributed by atoms with E-state index in [9.17, 15) is 35.9 Å². The Morgan fingerprint density at radius 2 is 1.49 bits per heavy atom. The lowest BCUT2D eigenvalue weighted by atomic mass is 9.89. The summed E-state index contributed by atoms with van der Waals surface area (Å²) in [6.45, 7) is 7.17. The summed E-state index contributed by atoms with van der Waals surface area (Å²) < 4.78 is 87.3. The van der Waals surface area contributed by atoms with E-state index in [0.717, 1.165) is 44.6 Å². The topological polar surface area (TPSA) is 59.5 Å². The standard InChI is InChI=1S/C36H30F6N2O3/c1-18-5-7-28(29-15-24(17-43-20(29)3)27-8-6-22(21(4)45)12-19(27)2)30(11-18)31-9-10-32-33(47-34(46)44(31)32)23-13-25(35(37,38)39)16-26(14-23)36(40,41)42/h5-8,11-17,31-33H,9-10H2,1-4H3/t31-,32-,33+/m0/s1. The second-order valence-electron chi connectivity index (χ2n) is 12.2. The highest BCUT2D eigenvalue weighted by atomic mass is 19.4. The molecule has 0 bridgehead atoms. The molecule has 5 nitrogen and oxygen atoms in total. The summed E-state index contributed by atoms with van der Waals surface area (Å²) in [5, 5.41) is 0. The highest BCUT2D eigenvalue weighted by Gasteiger charge is 2.51. The van der Waals surface area contributed by atoms with Crippen LogP contribution in [-0.4, -0.2) is 27.8 Å². The molecule has 3 heterocycles. The van der Waals surface area contributed by atoms with Crippen LogP contribution in [0.3, 0.4) is 0 Å². The van der Waals surface area contributed by atoms with Crippen molar-refractivity contribution < 1.29 is 40.7 Å². The Labute approximate surface area is 267 Å². The van der Waals surface area contributed by atoms with Crippen molar-refractivity contribution >= 4 is 11.9 Å². The molecule has 3 aromatic carbocycles. The number of carbonyl (C=O) groups is 2. The van der Waals surface area contributed by atoms with Crippen molar-refractivity contribution in [1.29, 1.82) is 0 Å². The van der Waals surface area contributed by atoms with Crippen LogP contribution in [0.2, 0.25) is 0 Å². The van der Waals surface area contributed by atoms with Crippen LogP contribution in [0.1, 0.15) is 81.3 Å². The Morgan fingerprint density at radius 1 is 0.830 bits per heavy atom. The highest BCUT2D eigenvalue weighted by Crippen LogP contribution is 2.50. The van der Waals surface area contributed by atoms with Gasteiger partial charge in [0, 0.05) is 28.6 Å². The van der Waals surface area contributed by atoms with Gasteiger partial charge in [-0.05, 0) is 98.7 Å². The molecule has 0 saturated carbocycles. The summed E-state index contributed by atoms with van der Waals surface area (Å²) in [5.74, 6) is -0.0435. The van der Waals surface area contributed by atoms with Crippen LogP contribution >= 0.6 is 0 Å². The molecule has 2 aliphatic rings. The Bertz CT molecular complexity index is 1880. The van der Waals surface area contributed by atoms with Gasteiger partial charge in [0.2, 0.25) is 0 Å². The summed E-state index contributed by atoms with van der Waals surface area (Å²) in [7, 11) is 0. The zero-order valence-electron chi connectivity index (χ0n) is 25.9. The fourth-order valence-electron chi connectivity index (χ4n) is 6.75. The van der Waals surface area contributed by atoms with E-state index in [-0.39, 0.29) is 17.4 Å². The number of fused-ring (bicyclic) bond motifs is 1. The molecule has 2 fully saturated rings. The molecule has 47 heavy (non-hydrogen) atoms. The monoisotopic (exact) mass is 652 g/mol. The molecule has 0 radical (unpaired) electrons. The lowest BCUT2D eigenvalue weighted by molar-refractivity contribution is -0.143. The zero-order valence-corrected chi connectivity index (χ0v) is 25.9. The van der Waals surface area contributed by atoms with Crippen LogP contribution in [0.4, 0.5) is 31.1 Å². The first-order valence-corrected chi connectivity index (χ1v) is 15.0. The minimum absolute atomic E-state index is 0.0435. The average molecular weight is 653 g/mol. The molecule has 0 aliphatic carbocycles. The number of benzene rings is 3. The molecular formula is C36H30F6N2O3. The van der Waals surface area contributed by atoms with Gasteiger partial charge >= 0.3 is 18.4 Å². The van der Waals surface area contributed by atoms with Gasteiger partial charge in [-0.2, -0.15) is 26.3 Å². The average Bonchev–Trinajstić information content (AvgIpc) is 3.57. The number of aryl methyl sites for hydroxylation is 3. The number of hydrogen-bond acceptors (Lipinski definition) is 4. The molecule has 1 amide bonds. The molecule has 6 rings (SSSR count). The number of rotatable bonds is 5. The van der Waals surface area contributed by atoms with Crippen LogP contribution in [0.5, 0.6) is 0 Å². The SMILES string of the molecule is CC(=O)c1ccc(-c2cnc(C)c(-c3ccc(C)cc3[C@@H]3CC[C@H]4[C@@H](c5cc(C(F)(F)F)cc(C(F)(F)F)c5)OC(=O)N34)c2)c(C)c1. The fraction of sp³-hybridized carbons (Fsp3) is 0.306. The third kappa shape index (κ3) is 5.99. The summed E-state index contributed by atoms with van der Waals surface area (Å²) in [6, 6.07) is 13.3. The molecule has 2 saturated heterocycles. The molecule has 1 aromatic heterocycles. The van der Waals surface area contributed by atoms with Crippen LogP contribution in [0.15, 0.2) is 66.9 Å². The Hall–Kier alpha value is -4.67. The third-order valence-corrected chi connectivity index (χ3v) is 9.04. The van der Waals surface area contributed by atoms with Crippen molar-refractivity contribution in [2.24, 2.45) is 0 Å². The maximum atomic E-state index is 13.6. The highest BCUT2D eigenvalue weighted by molar-refractivity contribution is 5.95. The van der Waals surface area contributed by atoms with E-state index in [1.807, 2.05) is 57.2 Å². The fourth-order valence-corrected chi connectivity index (χ4v) is 6.75. The van der Waals surface area contributed by atoms with E-state index in [2.05, 4.69) is 4.98 Å². The number of hydrogen-bond donors (Lipinski definition) is 0. The van der Waals surface area contributed by atoms with Gasteiger partial charge < -0.3 is 4.74 Å². The number of pyridine rings is 1. The van der Waals surface area contributed by atoms with Crippen molar-refractivity contribution in [2.45, 2.75) is 71.1 Å². The number of cyclic esters (lactones) is 1. The van der Waals surface area contributed by atoms with Gasteiger partial charge in [0.1, 0.15) is 6.10 Å². The van der Waals surface area contributed by atoms with Crippen LogP contribution in [-0.2, 0) is 17.1 Å². The number of halogens is 6. The van der Waals surface area contributed by atoms with Gasteiger partial charge in [0.05, 0.1) is 23.2 Å². The van der Waals surface area contributed by atoms with Gasteiger partial charge in [-0.25, -0.2) is 4.79 Å². The summed E-state index contributed by atoms with van der Waals surface area (Å²) in [6.07, 6.45) is -9.67. The maximum absolute atomic E-state index is 13.6. The number of ether oxygens (including phenoxy) is 1. The van der Waals surface area contributed by atoms with E-state index >= 15 is 0 Å². The minimum Gasteiger partial charge on any atom is -0.439 e. The number of alkyl halides is 6. The number of ketones is 1. The first-order chi connectivity index (χ1) is 22.0. The molecule has 3 atom stereocenters. The van der Waals surface area contributed by atoms with E-state index in [4.69, 9.17) is 4.74 Å². The van der Waals surface area contributed by atoms with Crippen LogP contribution in [0, 0.1) is 20.8 Å². The van der Waals surface area contributed by atoms with Crippen molar-refractivity contribution in [2.75, 3.05) is 0 Å². The van der Waals surface area contributed by atoms with Crippen LogP contribution < -0.4 is 0 Å². The third-order valence-electron chi connectivity index (χ3n) is 9.04. The van der Waals surface area contributed by atoms with Gasteiger partial charge in [0.25, 0.3) is 0 Å². The Kier molecular flexibility index (Phi) is 7.92. The number of carbonyl (C=O) groups excluding carboxylic acids is 2. The second kappa shape index (κ2) is 11.5. The van der Waals surface area contributed by atoms with E-state index < -0.39 is 47.8 Å². The molecular weight excluding hydrogens is 622 g/mol. The first kappa shape index (κ1) is 32.3. The maximum Gasteiger partial charge on any atom is 0.416 e. The Balaban J connectivity index is 1.39. The number of amides is 1. The number of nitrogens with zero attached hydrogens (tertiary/aromatic N) is 2. The molecule has 11 heteroatoms. The molecule has 2 aliphatic heterocycles.